The number of rotatable bonds is 3. The Bertz CT molecular complexity index is 1030. The molecule has 0 bridgehead atoms. The molecule has 6 heteroatoms. The van der Waals surface area contributed by atoms with Gasteiger partial charge in [-0.2, -0.15) is 0 Å². The van der Waals surface area contributed by atoms with Crippen LogP contribution in [0.2, 0.25) is 0 Å². The van der Waals surface area contributed by atoms with Gasteiger partial charge in [0.2, 0.25) is 5.91 Å². The molecule has 1 unspecified atom stereocenters. The average molecular weight is 495 g/mol. The molecule has 1 aromatic heterocycles. The van der Waals surface area contributed by atoms with E-state index in [9.17, 15) is 4.79 Å². The summed E-state index contributed by atoms with van der Waals surface area (Å²) in [4.78, 5) is 23.3. The van der Waals surface area contributed by atoms with E-state index in [0.717, 1.165) is 57.0 Å². The fraction of sp³-hybridized carbons (Fsp3) is 0.655. The van der Waals surface area contributed by atoms with Crippen molar-refractivity contribution in [1.29, 1.82) is 0 Å². The number of nitrogens with zero attached hydrogens (tertiary/aromatic N) is 2. The molecule has 4 aliphatic rings. The molecule has 1 amide bonds. The summed E-state index contributed by atoms with van der Waals surface area (Å²) in [6.07, 6.45) is 9.96. The lowest BCUT2D eigenvalue weighted by molar-refractivity contribution is -0.672. The largest absolute Gasteiger partial charge is 0.345 e. The number of quaternary nitrogens is 2. The second kappa shape index (κ2) is 9.95. The molecule has 1 spiro atoms. The molecule has 1 aliphatic carbocycles. The van der Waals surface area contributed by atoms with E-state index in [1.807, 2.05) is 11.3 Å². The third kappa shape index (κ3) is 4.36. The summed E-state index contributed by atoms with van der Waals surface area (Å²) < 4.78 is 0. The van der Waals surface area contributed by atoms with Crippen LogP contribution in [0.1, 0.15) is 78.4 Å². The van der Waals surface area contributed by atoms with E-state index in [-0.39, 0.29) is 11.3 Å². The first kappa shape index (κ1) is 23.6. The van der Waals surface area contributed by atoms with Crippen LogP contribution < -0.4 is 10.6 Å². The van der Waals surface area contributed by atoms with Crippen molar-refractivity contribution in [2.24, 2.45) is 11.8 Å². The highest BCUT2D eigenvalue weighted by Gasteiger charge is 2.56. The number of hydrogen-bond donors (Lipinski definition) is 2. The minimum atomic E-state index is -0.0290. The van der Waals surface area contributed by atoms with Gasteiger partial charge in [0.1, 0.15) is 18.2 Å². The highest BCUT2D eigenvalue weighted by Crippen LogP contribution is 2.45. The van der Waals surface area contributed by atoms with Gasteiger partial charge in [-0.15, -0.1) is 11.3 Å². The third-order valence-electron chi connectivity index (χ3n) is 9.66. The van der Waals surface area contributed by atoms with Crippen molar-refractivity contribution in [3.8, 4) is 0 Å². The lowest BCUT2D eigenvalue weighted by Crippen LogP contribution is -2.83. The van der Waals surface area contributed by atoms with Gasteiger partial charge < -0.3 is 15.5 Å². The zero-order valence-electron chi connectivity index (χ0n) is 21.3. The number of aryl methyl sites for hydroxylation is 1. The monoisotopic (exact) mass is 494 g/mol. The molecule has 4 atom stereocenters. The summed E-state index contributed by atoms with van der Waals surface area (Å²) in [6.45, 7) is 7.10. The zero-order valence-corrected chi connectivity index (χ0v) is 22.1. The quantitative estimate of drug-likeness (QED) is 0.689. The molecule has 3 fully saturated rings. The number of benzene rings is 1. The van der Waals surface area contributed by atoms with Crippen LogP contribution in [0.25, 0.3) is 0 Å². The van der Waals surface area contributed by atoms with Crippen LogP contribution >= 0.6 is 11.3 Å². The van der Waals surface area contributed by atoms with Gasteiger partial charge in [0.15, 0.2) is 0 Å². The van der Waals surface area contributed by atoms with Crippen LogP contribution in [0.15, 0.2) is 30.3 Å². The molecular weight excluding hydrogens is 452 g/mol. The maximum Gasteiger partial charge on any atom is 0.232 e. The normalized spacial score (nSPS) is 31.9. The average Bonchev–Trinajstić information content (AvgIpc) is 3.46. The molecule has 2 saturated heterocycles. The Balaban J connectivity index is 1.31. The second-order valence-electron chi connectivity index (χ2n) is 11.6. The van der Waals surface area contributed by atoms with E-state index in [1.54, 1.807) is 0 Å². The van der Waals surface area contributed by atoms with Crippen LogP contribution in [0.5, 0.6) is 0 Å². The predicted octanol–water partition coefficient (Wildman–Crippen LogP) is 2.70. The number of piperidine rings is 1. The van der Waals surface area contributed by atoms with Crippen molar-refractivity contribution in [3.63, 3.8) is 0 Å². The number of fused-ring (bicyclic) bond motifs is 2. The van der Waals surface area contributed by atoms with Gasteiger partial charge in [0.25, 0.3) is 0 Å². The van der Waals surface area contributed by atoms with E-state index in [4.69, 9.17) is 4.98 Å². The van der Waals surface area contributed by atoms with Crippen molar-refractivity contribution in [3.05, 3.63) is 51.5 Å². The first-order valence-electron chi connectivity index (χ1n) is 14.1. The van der Waals surface area contributed by atoms with E-state index in [1.165, 1.54) is 48.2 Å². The van der Waals surface area contributed by atoms with E-state index >= 15 is 0 Å². The van der Waals surface area contributed by atoms with Gasteiger partial charge in [0.05, 0.1) is 30.1 Å². The van der Waals surface area contributed by atoms with Gasteiger partial charge in [-0.3, -0.25) is 4.79 Å². The lowest BCUT2D eigenvalue weighted by atomic mass is 9.71. The molecule has 5 nitrogen and oxygen atoms in total. The minimum absolute atomic E-state index is 0.0290. The smallest absolute Gasteiger partial charge is 0.232 e. The molecule has 188 valence electrons. The number of amides is 1. The lowest BCUT2D eigenvalue weighted by Gasteiger charge is -2.46. The second-order valence-corrected chi connectivity index (χ2v) is 12.8. The number of thiazole rings is 1. The number of carbonyl (C=O) groups is 1. The molecular formula is C29H42N4OS+2. The summed E-state index contributed by atoms with van der Waals surface area (Å²) in [5, 5.41) is 5.99. The van der Waals surface area contributed by atoms with Crippen LogP contribution in [0.3, 0.4) is 0 Å². The van der Waals surface area contributed by atoms with Crippen LogP contribution in [-0.2, 0) is 16.8 Å². The summed E-state index contributed by atoms with van der Waals surface area (Å²) in [5.41, 5.74) is 2.69. The van der Waals surface area contributed by atoms with Crippen molar-refractivity contribution in [2.45, 2.75) is 82.2 Å². The maximum atomic E-state index is 14.6. The molecule has 2 aromatic rings. The number of likely N-dealkylation sites (tertiary alicyclic amines) is 1. The van der Waals surface area contributed by atoms with Crippen molar-refractivity contribution in [2.75, 3.05) is 26.2 Å². The Morgan fingerprint density at radius 3 is 2.77 bits per heavy atom. The molecule has 1 saturated carbocycles. The highest BCUT2D eigenvalue weighted by atomic mass is 32.1. The van der Waals surface area contributed by atoms with Gasteiger partial charge >= 0.3 is 0 Å². The van der Waals surface area contributed by atoms with E-state index in [2.05, 4.69) is 52.8 Å². The maximum absolute atomic E-state index is 14.6. The summed E-state index contributed by atoms with van der Waals surface area (Å²) in [6, 6.07) is 11.5. The van der Waals surface area contributed by atoms with Gasteiger partial charge in [-0.25, -0.2) is 4.98 Å². The molecule has 3 aliphatic heterocycles. The fourth-order valence-electron chi connectivity index (χ4n) is 7.91. The number of carbonyl (C=O) groups excluding carboxylic acids is 1. The summed E-state index contributed by atoms with van der Waals surface area (Å²) in [7, 11) is 0. The number of hydrogen-bond acceptors (Lipinski definition) is 3. The zero-order chi connectivity index (χ0) is 23.8. The van der Waals surface area contributed by atoms with Crippen LogP contribution in [-0.4, -0.2) is 48.0 Å². The summed E-state index contributed by atoms with van der Waals surface area (Å²) >= 11 is 1.87. The number of aromatic nitrogens is 1. The molecule has 4 N–H and O–H groups in total. The molecule has 1 aromatic carbocycles. The Kier molecular flexibility index (Phi) is 6.72. The van der Waals surface area contributed by atoms with Crippen molar-refractivity contribution >= 4 is 17.2 Å². The van der Waals surface area contributed by atoms with Crippen molar-refractivity contribution < 1.29 is 15.4 Å². The highest BCUT2D eigenvalue weighted by molar-refractivity contribution is 7.11. The Morgan fingerprint density at radius 1 is 1.11 bits per heavy atom. The van der Waals surface area contributed by atoms with Crippen LogP contribution in [0.4, 0.5) is 0 Å². The van der Waals surface area contributed by atoms with E-state index < -0.39 is 0 Å². The SMILES string of the molecule is Cc1nc2c(s1)[C@]1(CC[NH2+]C2)C[NH2+]CC1C(=O)N1CC[C@@H](c2ccccc2)C[C@H]1C1CCCCC1. The summed E-state index contributed by atoms with van der Waals surface area (Å²) in [5.74, 6) is 1.80. The van der Waals surface area contributed by atoms with E-state index in [0.29, 0.717) is 23.8 Å². The minimum Gasteiger partial charge on any atom is -0.345 e. The standard InChI is InChI=1S/C29H40N4OS/c1-20-32-25-18-30-14-13-29(27(25)35-20)19-31-17-24(29)28(34)33-15-12-23(21-8-4-2-5-9-21)16-26(33)22-10-6-3-7-11-22/h2,4-5,8-9,22-24,26,30-31H,3,6-7,10-19H2,1H3/p+2/t23-,24?,26+,29-/m1/s1. The predicted molar refractivity (Wildman–Crippen MR) is 139 cm³/mol. The Hall–Kier alpha value is -1.76. The van der Waals surface area contributed by atoms with Gasteiger partial charge in [-0.05, 0) is 50.0 Å². The molecule has 0 radical (unpaired) electrons. The molecule has 35 heavy (non-hydrogen) atoms. The fourth-order valence-corrected chi connectivity index (χ4v) is 9.14. The van der Waals surface area contributed by atoms with Crippen LogP contribution in [0, 0.1) is 18.8 Å². The topological polar surface area (TPSA) is 66.4 Å². The Morgan fingerprint density at radius 2 is 1.94 bits per heavy atom. The first-order chi connectivity index (χ1) is 17.2. The first-order valence-corrected chi connectivity index (χ1v) is 14.9. The van der Waals surface area contributed by atoms with Gasteiger partial charge in [0, 0.05) is 23.9 Å². The number of nitrogens with two attached hydrogens (primary N) is 2. The molecule has 6 rings (SSSR count). The third-order valence-corrected chi connectivity index (χ3v) is 10.9. The Labute approximate surface area is 214 Å². The van der Waals surface area contributed by atoms with Crippen molar-refractivity contribution in [1.82, 2.24) is 9.88 Å². The van der Waals surface area contributed by atoms with Gasteiger partial charge in [-0.1, -0.05) is 49.6 Å². The molecule has 4 heterocycles.